The van der Waals surface area contributed by atoms with Crippen molar-refractivity contribution in [3.8, 4) is 11.4 Å². The third kappa shape index (κ3) is 3.79. The number of benzene rings is 1. The van der Waals surface area contributed by atoms with Crippen LogP contribution in [0.15, 0.2) is 42.7 Å². The first-order chi connectivity index (χ1) is 10.3. The predicted octanol–water partition coefficient (Wildman–Crippen LogP) is 2.92. The number of rotatable bonds is 5. The van der Waals surface area contributed by atoms with Crippen molar-refractivity contribution in [1.29, 1.82) is 0 Å². The Morgan fingerprint density at radius 1 is 1.00 bits per heavy atom. The van der Waals surface area contributed by atoms with Gasteiger partial charge in [-0.2, -0.15) is 0 Å². The minimum Gasteiger partial charge on any atom is -0.491 e. The van der Waals surface area contributed by atoms with Crippen molar-refractivity contribution >= 4 is 5.69 Å². The zero-order valence-corrected chi connectivity index (χ0v) is 12.4. The molecule has 0 saturated carbocycles. The fourth-order valence-corrected chi connectivity index (χ4v) is 2.74. The number of nitrogen functional groups attached to an aromatic ring is 1. The van der Waals surface area contributed by atoms with Crippen LogP contribution in [0.5, 0.6) is 5.75 Å². The maximum atomic E-state index is 5.85. The highest BCUT2D eigenvalue weighted by Crippen LogP contribution is 2.17. The van der Waals surface area contributed by atoms with Gasteiger partial charge in [0.25, 0.3) is 0 Å². The van der Waals surface area contributed by atoms with E-state index in [0.717, 1.165) is 30.3 Å². The maximum absolute atomic E-state index is 5.85. The Balaban J connectivity index is 1.51. The summed E-state index contributed by atoms with van der Waals surface area (Å²) in [7, 11) is 0. The number of hydrogen-bond donors (Lipinski definition) is 1. The second-order valence-corrected chi connectivity index (χ2v) is 5.60. The molecule has 1 fully saturated rings. The topological polar surface area (TPSA) is 43.4 Å². The molecular weight excluding hydrogens is 262 g/mol. The summed E-state index contributed by atoms with van der Waals surface area (Å²) in [5.41, 5.74) is 7.58. The van der Waals surface area contributed by atoms with Gasteiger partial charge in [-0.15, -0.1) is 0 Å². The lowest BCUT2D eigenvalue weighted by Crippen LogP contribution is -2.33. The van der Waals surface area contributed by atoms with Crippen molar-refractivity contribution in [1.82, 2.24) is 9.47 Å². The smallest absolute Gasteiger partial charge is 0.137 e. The summed E-state index contributed by atoms with van der Waals surface area (Å²) in [6.07, 6.45) is 8.06. The molecule has 0 aliphatic carbocycles. The molecule has 2 N–H and O–H groups in total. The molecule has 1 aliphatic heterocycles. The third-order valence-electron chi connectivity index (χ3n) is 3.98. The third-order valence-corrected chi connectivity index (χ3v) is 3.98. The van der Waals surface area contributed by atoms with Gasteiger partial charge in [0, 0.05) is 24.1 Å². The average molecular weight is 285 g/mol. The Bertz CT molecular complexity index is 556. The van der Waals surface area contributed by atoms with E-state index in [0.29, 0.717) is 0 Å². The van der Waals surface area contributed by atoms with Gasteiger partial charge in [0.1, 0.15) is 12.4 Å². The van der Waals surface area contributed by atoms with Gasteiger partial charge in [0.05, 0.1) is 6.20 Å². The van der Waals surface area contributed by atoms with Crippen molar-refractivity contribution in [2.45, 2.75) is 19.3 Å². The molecule has 4 heteroatoms. The van der Waals surface area contributed by atoms with Gasteiger partial charge >= 0.3 is 0 Å². The monoisotopic (exact) mass is 285 g/mol. The van der Waals surface area contributed by atoms with Crippen LogP contribution < -0.4 is 10.5 Å². The molecule has 0 amide bonds. The molecule has 4 nitrogen and oxygen atoms in total. The number of hydrogen-bond acceptors (Lipinski definition) is 3. The molecule has 21 heavy (non-hydrogen) atoms. The Kier molecular flexibility index (Phi) is 4.46. The standard InChI is InChI=1S/C17H23N3O/c18-15-4-6-16(7-5-15)20-11-8-17(14-20)21-13-12-19-9-2-1-3-10-19/h4-8,11,14H,1-3,9-10,12-13,18H2. The van der Waals surface area contributed by atoms with Crippen molar-refractivity contribution in [2.24, 2.45) is 0 Å². The molecule has 2 aromatic rings. The summed E-state index contributed by atoms with van der Waals surface area (Å²) in [5.74, 6) is 0.920. The first kappa shape index (κ1) is 14.0. The highest BCUT2D eigenvalue weighted by molar-refractivity contribution is 5.45. The van der Waals surface area contributed by atoms with Gasteiger partial charge in [0.15, 0.2) is 0 Å². The molecular formula is C17H23N3O. The van der Waals surface area contributed by atoms with Crippen LogP contribution in [0.1, 0.15) is 19.3 Å². The Labute approximate surface area is 126 Å². The quantitative estimate of drug-likeness (QED) is 0.859. The molecule has 1 aromatic heterocycles. The van der Waals surface area contributed by atoms with Gasteiger partial charge in [-0.3, -0.25) is 4.90 Å². The first-order valence-corrected chi connectivity index (χ1v) is 7.70. The van der Waals surface area contributed by atoms with Crippen LogP contribution in [-0.2, 0) is 0 Å². The van der Waals surface area contributed by atoms with Gasteiger partial charge in [-0.1, -0.05) is 6.42 Å². The number of nitrogens with zero attached hydrogens (tertiary/aromatic N) is 2. The van der Waals surface area contributed by atoms with Gasteiger partial charge in [-0.05, 0) is 56.3 Å². The van der Waals surface area contributed by atoms with Crippen LogP contribution in [0.4, 0.5) is 5.69 Å². The lowest BCUT2D eigenvalue weighted by molar-refractivity contribution is 0.183. The van der Waals surface area contributed by atoms with Crippen LogP contribution in [-0.4, -0.2) is 35.7 Å². The molecule has 2 heterocycles. The minimum absolute atomic E-state index is 0.756. The van der Waals surface area contributed by atoms with E-state index in [4.69, 9.17) is 10.5 Å². The maximum Gasteiger partial charge on any atom is 0.137 e. The fraction of sp³-hybridized carbons (Fsp3) is 0.412. The van der Waals surface area contributed by atoms with Crippen molar-refractivity contribution in [3.05, 3.63) is 42.7 Å². The highest BCUT2D eigenvalue weighted by Gasteiger charge is 2.09. The fourth-order valence-electron chi connectivity index (χ4n) is 2.74. The van der Waals surface area contributed by atoms with Gasteiger partial charge in [-0.25, -0.2) is 0 Å². The van der Waals surface area contributed by atoms with Crippen LogP contribution in [0.2, 0.25) is 0 Å². The van der Waals surface area contributed by atoms with Crippen LogP contribution in [0.3, 0.4) is 0 Å². The second kappa shape index (κ2) is 6.68. The lowest BCUT2D eigenvalue weighted by atomic mass is 10.1. The van der Waals surface area contributed by atoms with Crippen LogP contribution >= 0.6 is 0 Å². The normalized spacial score (nSPS) is 16.0. The van der Waals surface area contributed by atoms with E-state index < -0.39 is 0 Å². The second-order valence-electron chi connectivity index (χ2n) is 5.60. The largest absolute Gasteiger partial charge is 0.491 e. The molecule has 0 radical (unpaired) electrons. The minimum atomic E-state index is 0.756. The Morgan fingerprint density at radius 2 is 1.76 bits per heavy atom. The molecule has 112 valence electrons. The number of nitrogens with two attached hydrogens (primary N) is 1. The predicted molar refractivity (Wildman–Crippen MR) is 86.0 cm³/mol. The summed E-state index contributed by atoms with van der Waals surface area (Å²) in [4.78, 5) is 2.49. The van der Waals surface area contributed by atoms with Crippen molar-refractivity contribution < 1.29 is 4.74 Å². The molecule has 1 saturated heterocycles. The van der Waals surface area contributed by atoms with Gasteiger partial charge < -0.3 is 15.0 Å². The summed E-state index contributed by atoms with van der Waals surface area (Å²) >= 11 is 0. The zero-order valence-electron chi connectivity index (χ0n) is 12.4. The summed E-state index contributed by atoms with van der Waals surface area (Å²) in [6.45, 7) is 4.21. The summed E-state index contributed by atoms with van der Waals surface area (Å²) in [6, 6.07) is 9.84. The number of piperidine rings is 1. The van der Waals surface area contributed by atoms with E-state index in [9.17, 15) is 0 Å². The zero-order chi connectivity index (χ0) is 14.5. The first-order valence-electron chi connectivity index (χ1n) is 7.70. The van der Waals surface area contributed by atoms with Gasteiger partial charge in [0.2, 0.25) is 0 Å². The van der Waals surface area contributed by atoms with Crippen LogP contribution in [0.25, 0.3) is 5.69 Å². The molecule has 1 aromatic carbocycles. The highest BCUT2D eigenvalue weighted by atomic mass is 16.5. The van der Waals surface area contributed by atoms with E-state index in [-0.39, 0.29) is 0 Å². The van der Waals surface area contributed by atoms with E-state index in [1.165, 1.54) is 32.4 Å². The molecule has 0 bridgehead atoms. The Hall–Kier alpha value is -1.94. The Morgan fingerprint density at radius 3 is 2.52 bits per heavy atom. The molecule has 0 atom stereocenters. The number of ether oxygens (including phenoxy) is 1. The van der Waals surface area contributed by atoms with Crippen molar-refractivity contribution in [2.75, 3.05) is 32.0 Å². The molecule has 3 rings (SSSR count). The number of aromatic nitrogens is 1. The van der Waals surface area contributed by atoms with E-state index in [1.807, 2.05) is 42.7 Å². The summed E-state index contributed by atoms with van der Waals surface area (Å²) < 4.78 is 7.90. The van der Waals surface area contributed by atoms with E-state index >= 15 is 0 Å². The van der Waals surface area contributed by atoms with Crippen LogP contribution in [0, 0.1) is 0 Å². The molecule has 0 unspecified atom stereocenters. The van der Waals surface area contributed by atoms with E-state index in [1.54, 1.807) is 0 Å². The average Bonchev–Trinajstić information content (AvgIpc) is 2.98. The lowest BCUT2D eigenvalue weighted by Gasteiger charge is -2.26. The molecule has 1 aliphatic rings. The number of likely N-dealkylation sites (tertiary alicyclic amines) is 1. The van der Waals surface area contributed by atoms with Crippen molar-refractivity contribution in [3.63, 3.8) is 0 Å². The number of anilines is 1. The molecule has 0 spiro atoms. The SMILES string of the molecule is Nc1ccc(-n2ccc(OCCN3CCCCC3)c2)cc1. The van der Waals surface area contributed by atoms with E-state index in [2.05, 4.69) is 9.47 Å². The summed E-state index contributed by atoms with van der Waals surface area (Å²) in [5, 5.41) is 0.